The third kappa shape index (κ3) is 46.9. The average Bonchev–Trinajstić information content (AvgIpc) is 0. The van der Waals surface area contributed by atoms with Crippen molar-refractivity contribution >= 4 is 0 Å². The molecule has 8 heavy (non-hydrogen) atoms. The van der Waals surface area contributed by atoms with Gasteiger partial charge in [-0.3, -0.25) is 0 Å². The van der Waals surface area contributed by atoms with Crippen molar-refractivity contribution in [1.82, 2.24) is 0 Å². The van der Waals surface area contributed by atoms with E-state index < -0.39 is 0 Å². The number of hydrogen-bond acceptors (Lipinski definition) is 0. The second-order valence-corrected chi connectivity index (χ2v) is 0. The average molecular weight is 494 g/mol. The van der Waals surface area contributed by atoms with Crippen molar-refractivity contribution in [3.05, 3.63) is 0 Å². The SMILES string of the molecule is [Ce+3].[Cl-].[Cl-].[Cl-].[Cl-].[Cl-].[Cl-].[Pr+3]. The van der Waals surface area contributed by atoms with E-state index in [1.54, 1.807) is 0 Å². The van der Waals surface area contributed by atoms with Crippen LogP contribution in [0, 0.1) is 83.0 Å². The summed E-state index contributed by atoms with van der Waals surface area (Å²) in [5.41, 5.74) is 0. The van der Waals surface area contributed by atoms with Crippen LogP contribution >= 0.6 is 0 Å². The molecular weight excluding hydrogens is 494 g/mol. The molecule has 0 bridgehead atoms. The second kappa shape index (κ2) is 62.8. The molecule has 0 nitrogen and oxygen atoms in total. The Hall–Kier alpha value is 4.48. The van der Waals surface area contributed by atoms with Crippen molar-refractivity contribution in [2.24, 2.45) is 0 Å². The Morgan fingerprint density at radius 1 is 0.375 bits per heavy atom. The topological polar surface area (TPSA) is 0 Å². The second-order valence-electron chi connectivity index (χ2n) is 0. The van der Waals surface area contributed by atoms with Crippen LogP contribution in [0.2, 0.25) is 0 Å². The van der Waals surface area contributed by atoms with Crippen LogP contribution in [-0.2, 0) is 0 Å². The van der Waals surface area contributed by atoms with Crippen LogP contribution in [0.1, 0.15) is 0 Å². The largest absolute Gasteiger partial charge is 3.00 e. The first kappa shape index (κ1) is 81.9. The summed E-state index contributed by atoms with van der Waals surface area (Å²) in [6, 6.07) is 0. The maximum Gasteiger partial charge on any atom is 3.00 e. The van der Waals surface area contributed by atoms with Crippen molar-refractivity contribution in [2.75, 3.05) is 0 Å². The Kier molecular flexibility index (Phi) is 643. The van der Waals surface area contributed by atoms with Crippen molar-refractivity contribution in [3.63, 3.8) is 0 Å². The number of halogens is 6. The van der Waals surface area contributed by atoms with Crippen molar-refractivity contribution in [1.29, 1.82) is 0 Å². The summed E-state index contributed by atoms with van der Waals surface area (Å²) in [7, 11) is 0. The Labute approximate surface area is 154 Å². The molecular formula is CeCl6Pr. The fourth-order valence-electron chi connectivity index (χ4n) is 0. The third-order valence-electron chi connectivity index (χ3n) is 0. The van der Waals surface area contributed by atoms with Crippen molar-refractivity contribution in [2.45, 2.75) is 0 Å². The molecule has 0 spiro atoms. The van der Waals surface area contributed by atoms with Gasteiger partial charge in [0.25, 0.3) is 0 Å². The van der Waals surface area contributed by atoms with Crippen LogP contribution in [-0.4, -0.2) is 0 Å². The van der Waals surface area contributed by atoms with Gasteiger partial charge in [0.05, 0.1) is 0 Å². The molecule has 0 saturated carbocycles. The van der Waals surface area contributed by atoms with E-state index in [2.05, 4.69) is 0 Å². The zero-order valence-electron chi connectivity index (χ0n) is 3.35. The summed E-state index contributed by atoms with van der Waals surface area (Å²) in [6.07, 6.45) is 0. The van der Waals surface area contributed by atoms with Gasteiger partial charge in [0.1, 0.15) is 0 Å². The standard InChI is InChI=1S/Ce.6ClH.Pr/h;6*1H;/q+3;;;;;;;+3/p-6. The van der Waals surface area contributed by atoms with Gasteiger partial charge < -0.3 is 74.4 Å². The first-order chi connectivity index (χ1) is 0. The van der Waals surface area contributed by atoms with E-state index in [0.717, 1.165) is 0 Å². The first-order valence-corrected chi connectivity index (χ1v) is 0. The van der Waals surface area contributed by atoms with Gasteiger partial charge in [-0.05, 0) is 0 Å². The molecule has 0 aromatic carbocycles. The molecule has 8 heteroatoms. The minimum Gasteiger partial charge on any atom is -1.00 e. The van der Waals surface area contributed by atoms with Gasteiger partial charge in [0, 0.05) is 0 Å². The molecule has 1 radical (unpaired) electrons. The number of hydrogen-bond donors (Lipinski definition) is 0. The minimum atomic E-state index is 0. The Morgan fingerprint density at radius 2 is 0.375 bits per heavy atom. The fourth-order valence-corrected chi connectivity index (χ4v) is 0. The molecule has 0 saturated heterocycles. The molecule has 0 amide bonds. The zero-order valence-corrected chi connectivity index (χ0v) is 14.7. The summed E-state index contributed by atoms with van der Waals surface area (Å²) < 4.78 is 0. The molecule has 0 N–H and O–H groups in total. The van der Waals surface area contributed by atoms with Gasteiger partial charge in [-0.1, -0.05) is 0 Å². The van der Waals surface area contributed by atoms with Gasteiger partial charge in [-0.2, -0.15) is 0 Å². The maximum absolute atomic E-state index is 0. The van der Waals surface area contributed by atoms with E-state index in [0.29, 0.717) is 0 Å². The zero-order chi connectivity index (χ0) is 0. The van der Waals surface area contributed by atoms with Crippen LogP contribution in [0.25, 0.3) is 0 Å². The van der Waals surface area contributed by atoms with E-state index in [9.17, 15) is 0 Å². The van der Waals surface area contributed by atoms with Crippen molar-refractivity contribution in [3.8, 4) is 0 Å². The van der Waals surface area contributed by atoms with Crippen LogP contribution in [0.15, 0.2) is 0 Å². The number of rotatable bonds is 0. The quantitative estimate of drug-likeness (QED) is 0.315. The molecule has 0 fully saturated rings. The summed E-state index contributed by atoms with van der Waals surface area (Å²) in [5.74, 6) is 0. The molecule has 0 aromatic heterocycles. The normalized spacial score (nSPS) is 0. The molecule has 0 atom stereocenters. The third-order valence-corrected chi connectivity index (χ3v) is 0. The molecule has 0 aliphatic carbocycles. The van der Waals surface area contributed by atoms with Gasteiger partial charge >= 0.3 is 83.0 Å². The van der Waals surface area contributed by atoms with E-state index in [1.807, 2.05) is 0 Å². The van der Waals surface area contributed by atoms with E-state index in [-0.39, 0.29) is 157 Å². The van der Waals surface area contributed by atoms with Gasteiger partial charge in [-0.25, -0.2) is 0 Å². The Balaban J connectivity index is 0. The van der Waals surface area contributed by atoms with E-state index in [1.165, 1.54) is 0 Å². The molecule has 0 heterocycles. The first-order valence-electron chi connectivity index (χ1n) is 0. The molecule has 0 aliphatic heterocycles. The van der Waals surface area contributed by atoms with Crippen LogP contribution in [0.5, 0.6) is 0 Å². The monoisotopic (exact) mass is 491 g/mol. The Morgan fingerprint density at radius 3 is 0.375 bits per heavy atom. The molecule has 0 rings (SSSR count). The van der Waals surface area contributed by atoms with Gasteiger partial charge in [-0.15, -0.1) is 0 Å². The molecule has 0 aromatic rings. The predicted octanol–water partition coefficient (Wildman–Crippen LogP) is -18.0. The summed E-state index contributed by atoms with van der Waals surface area (Å²) in [4.78, 5) is 0. The van der Waals surface area contributed by atoms with Gasteiger partial charge in [0.15, 0.2) is 0 Å². The fraction of sp³-hybridized carbons (Fsp3) is 0. The molecule has 49 valence electrons. The van der Waals surface area contributed by atoms with Crippen LogP contribution in [0.3, 0.4) is 0 Å². The Bertz CT molecular complexity index is 8.49. The van der Waals surface area contributed by atoms with E-state index in [4.69, 9.17) is 0 Å². The predicted molar refractivity (Wildman–Crippen MR) is 0 cm³/mol. The summed E-state index contributed by atoms with van der Waals surface area (Å²) in [6.45, 7) is 0. The molecule has 0 unspecified atom stereocenters. The summed E-state index contributed by atoms with van der Waals surface area (Å²) >= 11 is 0. The minimum absolute atomic E-state index is 0. The van der Waals surface area contributed by atoms with Crippen LogP contribution in [0.4, 0.5) is 0 Å². The smallest absolute Gasteiger partial charge is 1.00 e. The maximum atomic E-state index is 0. The van der Waals surface area contributed by atoms with Crippen molar-refractivity contribution < 1.29 is 157 Å². The summed E-state index contributed by atoms with van der Waals surface area (Å²) in [5, 5.41) is 0. The van der Waals surface area contributed by atoms with Crippen LogP contribution < -0.4 is 74.4 Å². The van der Waals surface area contributed by atoms with Gasteiger partial charge in [0.2, 0.25) is 0 Å². The molecule has 0 aliphatic rings. The van der Waals surface area contributed by atoms with E-state index >= 15 is 0 Å².